The van der Waals surface area contributed by atoms with Crippen molar-refractivity contribution < 1.29 is 26.3 Å². The van der Waals surface area contributed by atoms with E-state index in [1.54, 1.807) is 6.92 Å². The Morgan fingerprint density at radius 3 is 2.48 bits per heavy atom. The SMILES string of the molecule is CCSC(=Nc1ccc(C#N)c(C(F)(F)F)c1)[C@]1(C)CC(C(F)(F)F)N=N1. The maximum atomic E-state index is 13.1. The quantitative estimate of drug-likeness (QED) is 0.355. The van der Waals surface area contributed by atoms with Crippen LogP contribution < -0.4 is 0 Å². The highest BCUT2D eigenvalue weighted by Crippen LogP contribution is 2.41. The van der Waals surface area contributed by atoms with Gasteiger partial charge in [0, 0.05) is 6.42 Å². The summed E-state index contributed by atoms with van der Waals surface area (Å²) in [6.07, 6.45) is -9.78. The number of hydrogen-bond acceptors (Lipinski definition) is 5. The highest BCUT2D eigenvalue weighted by Gasteiger charge is 2.50. The van der Waals surface area contributed by atoms with Gasteiger partial charge in [-0.15, -0.1) is 11.8 Å². The lowest BCUT2D eigenvalue weighted by molar-refractivity contribution is -0.147. The van der Waals surface area contributed by atoms with E-state index in [0.717, 1.165) is 17.8 Å². The van der Waals surface area contributed by atoms with Crippen molar-refractivity contribution in [1.82, 2.24) is 0 Å². The van der Waals surface area contributed by atoms with E-state index in [-0.39, 0.29) is 10.7 Å². The molecule has 1 heterocycles. The zero-order chi connectivity index (χ0) is 20.5. The lowest BCUT2D eigenvalue weighted by atomic mass is 9.96. The molecule has 0 bridgehead atoms. The van der Waals surface area contributed by atoms with Crippen LogP contribution >= 0.6 is 11.8 Å². The molecule has 1 unspecified atom stereocenters. The maximum absolute atomic E-state index is 13.1. The summed E-state index contributed by atoms with van der Waals surface area (Å²) in [5.74, 6) is 0.434. The van der Waals surface area contributed by atoms with Gasteiger partial charge < -0.3 is 0 Å². The topological polar surface area (TPSA) is 60.9 Å². The Morgan fingerprint density at radius 1 is 1.33 bits per heavy atom. The first-order valence-corrected chi connectivity index (χ1v) is 8.71. The molecule has 146 valence electrons. The van der Waals surface area contributed by atoms with Crippen molar-refractivity contribution in [2.24, 2.45) is 15.2 Å². The van der Waals surface area contributed by atoms with E-state index in [4.69, 9.17) is 5.26 Å². The standard InChI is InChI=1S/C16H14F6N4S/c1-3-27-13(14(2)7-12(25-26-14)16(20,21)22)24-10-5-4-9(8-23)11(6-10)15(17,18)19/h4-6,12H,3,7H2,1-2H3/t12?,14-/m0/s1. The van der Waals surface area contributed by atoms with Gasteiger partial charge in [-0.3, -0.25) is 0 Å². The van der Waals surface area contributed by atoms with Crippen LogP contribution in [0.3, 0.4) is 0 Å². The predicted octanol–water partition coefficient (Wildman–Crippen LogP) is 5.91. The monoisotopic (exact) mass is 408 g/mol. The van der Waals surface area contributed by atoms with Gasteiger partial charge in [0.05, 0.1) is 22.9 Å². The van der Waals surface area contributed by atoms with Crippen LogP contribution in [0.25, 0.3) is 0 Å². The summed E-state index contributed by atoms with van der Waals surface area (Å²) in [6.45, 7) is 3.15. The van der Waals surface area contributed by atoms with Crippen LogP contribution in [0.5, 0.6) is 0 Å². The second-order valence-corrected chi connectivity index (χ2v) is 7.19. The molecule has 2 atom stereocenters. The maximum Gasteiger partial charge on any atom is 0.417 e. The highest BCUT2D eigenvalue weighted by molar-refractivity contribution is 8.14. The highest BCUT2D eigenvalue weighted by atomic mass is 32.2. The van der Waals surface area contributed by atoms with Crippen LogP contribution in [0.4, 0.5) is 32.0 Å². The molecular weight excluding hydrogens is 394 g/mol. The second-order valence-electron chi connectivity index (χ2n) is 5.94. The Labute approximate surface area is 155 Å². The average molecular weight is 408 g/mol. The number of alkyl halides is 6. The molecule has 11 heteroatoms. The zero-order valence-corrected chi connectivity index (χ0v) is 15.0. The first kappa shape index (κ1) is 21.2. The van der Waals surface area contributed by atoms with Crippen molar-refractivity contribution in [2.45, 2.75) is 44.2 Å². The lowest BCUT2D eigenvalue weighted by Crippen LogP contribution is -2.35. The van der Waals surface area contributed by atoms with Gasteiger partial charge in [-0.25, -0.2) is 4.99 Å². The molecule has 1 aromatic carbocycles. The van der Waals surface area contributed by atoms with E-state index >= 15 is 0 Å². The summed E-state index contributed by atoms with van der Waals surface area (Å²) < 4.78 is 78.0. The van der Waals surface area contributed by atoms with Crippen LogP contribution in [0.15, 0.2) is 33.4 Å². The van der Waals surface area contributed by atoms with E-state index in [2.05, 4.69) is 15.2 Å². The molecule has 0 saturated heterocycles. The fourth-order valence-corrected chi connectivity index (χ4v) is 3.34. The molecule has 0 fully saturated rings. The third-order valence-corrected chi connectivity index (χ3v) is 4.88. The average Bonchev–Trinajstić information content (AvgIpc) is 2.97. The molecule has 4 nitrogen and oxygen atoms in total. The Bertz CT molecular complexity index is 809. The van der Waals surface area contributed by atoms with E-state index in [9.17, 15) is 26.3 Å². The summed E-state index contributed by atoms with van der Waals surface area (Å²) >= 11 is 1.09. The molecular formula is C16H14F6N4S. The molecule has 1 aliphatic rings. The Hall–Kier alpha value is -2.09. The van der Waals surface area contributed by atoms with Crippen molar-refractivity contribution in [1.29, 1.82) is 5.26 Å². The largest absolute Gasteiger partial charge is 0.417 e. The van der Waals surface area contributed by atoms with Gasteiger partial charge in [0.2, 0.25) is 0 Å². The fourth-order valence-electron chi connectivity index (χ4n) is 2.46. The van der Waals surface area contributed by atoms with Crippen molar-refractivity contribution in [3.05, 3.63) is 29.3 Å². The van der Waals surface area contributed by atoms with Gasteiger partial charge in [0.15, 0.2) is 6.04 Å². The van der Waals surface area contributed by atoms with Gasteiger partial charge in [-0.2, -0.15) is 41.8 Å². The number of nitrogens with zero attached hydrogens (tertiary/aromatic N) is 4. The lowest BCUT2D eigenvalue weighted by Gasteiger charge is -2.22. The van der Waals surface area contributed by atoms with Crippen LogP contribution in [0.2, 0.25) is 0 Å². The number of nitriles is 1. The Morgan fingerprint density at radius 2 is 2.00 bits per heavy atom. The molecule has 0 aromatic heterocycles. The normalized spacial score (nSPS) is 23.5. The number of azo groups is 1. The minimum absolute atomic E-state index is 0.121. The Kier molecular flexibility index (Phi) is 5.89. The number of halogens is 6. The van der Waals surface area contributed by atoms with Gasteiger partial charge >= 0.3 is 12.4 Å². The molecule has 1 aliphatic heterocycles. The first-order chi connectivity index (χ1) is 12.4. The predicted molar refractivity (Wildman–Crippen MR) is 89.1 cm³/mol. The summed E-state index contributed by atoms with van der Waals surface area (Å²) in [5, 5.41) is 16.0. The number of benzene rings is 1. The fraction of sp³-hybridized carbons (Fsp3) is 0.500. The first-order valence-electron chi connectivity index (χ1n) is 7.72. The molecule has 0 amide bonds. The zero-order valence-electron chi connectivity index (χ0n) is 14.2. The molecule has 0 saturated carbocycles. The number of thioether (sulfide) groups is 1. The minimum atomic E-state index is -4.76. The molecule has 2 rings (SSSR count). The van der Waals surface area contributed by atoms with Crippen LogP contribution in [0.1, 0.15) is 31.4 Å². The van der Waals surface area contributed by atoms with E-state index < -0.39 is 41.5 Å². The third-order valence-electron chi connectivity index (χ3n) is 3.79. The Balaban J connectivity index is 2.45. The van der Waals surface area contributed by atoms with Crippen LogP contribution in [-0.2, 0) is 6.18 Å². The van der Waals surface area contributed by atoms with Crippen LogP contribution in [0, 0.1) is 11.3 Å². The van der Waals surface area contributed by atoms with E-state index in [0.29, 0.717) is 11.8 Å². The second kappa shape index (κ2) is 7.50. The summed E-state index contributed by atoms with van der Waals surface area (Å²) in [7, 11) is 0. The summed E-state index contributed by atoms with van der Waals surface area (Å²) in [4.78, 5) is 4.12. The summed E-state index contributed by atoms with van der Waals surface area (Å²) in [5.41, 5.74) is -3.22. The van der Waals surface area contributed by atoms with Gasteiger partial charge in [0.25, 0.3) is 0 Å². The molecule has 0 N–H and O–H groups in total. The molecule has 27 heavy (non-hydrogen) atoms. The number of hydrogen-bond donors (Lipinski definition) is 0. The van der Waals surface area contributed by atoms with Gasteiger partial charge in [0.1, 0.15) is 10.6 Å². The number of aliphatic imine (C=N–C) groups is 1. The van der Waals surface area contributed by atoms with Gasteiger partial charge in [-0.05, 0) is 30.9 Å². The van der Waals surface area contributed by atoms with Crippen LogP contribution in [-0.4, -0.2) is 28.6 Å². The summed E-state index contributed by atoms with van der Waals surface area (Å²) in [6, 6.07) is 2.37. The molecule has 1 aromatic rings. The van der Waals surface area contributed by atoms with Crippen molar-refractivity contribution >= 4 is 22.5 Å². The van der Waals surface area contributed by atoms with E-state index in [1.807, 2.05) is 0 Å². The van der Waals surface area contributed by atoms with Crippen molar-refractivity contribution in [3.63, 3.8) is 0 Å². The van der Waals surface area contributed by atoms with Crippen molar-refractivity contribution in [3.8, 4) is 6.07 Å². The molecule has 0 spiro atoms. The van der Waals surface area contributed by atoms with E-state index in [1.165, 1.54) is 19.1 Å². The van der Waals surface area contributed by atoms with Crippen molar-refractivity contribution in [2.75, 3.05) is 5.75 Å². The number of rotatable bonds is 3. The molecule has 0 radical (unpaired) electrons. The smallest absolute Gasteiger partial charge is 0.244 e. The third kappa shape index (κ3) is 4.80. The minimum Gasteiger partial charge on any atom is -0.244 e. The van der Waals surface area contributed by atoms with Gasteiger partial charge in [-0.1, -0.05) is 6.92 Å². The molecule has 0 aliphatic carbocycles.